The molecule has 0 bridgehead atoms. The Balaban J connectivity index is 1.45. The van der Waals surface area contributed by atoms with Crippen LogP contribution >= 0.6 is 0 Å². The monoisotopic (exact) mass is 340 g/mol. The number of ether oxygens (including phenoxy) is 2. The number of furan rings is 1. The standard InChI is InChI=1S/C17H16N4O4/c1-23-12-4-5-13-10(8-12)7-11(9-25-13)16(22)19-17-18-15(20-21-17)14-3-2-6-24-14/h2-6,8,11H,7,9H2,1H3,(H2,18,19,20,21,22)/t11-/m1/s1. The van der Waals surface area contributed by atoms with Gasteiger partial charge in [-0.05, 0) is 42.3 Å². The van der Waals surface area contributed by atoms with E-state index in [2.05, 4.69) is 20.5 Å². The van der Waals surface area contributed by atoms with Crippen LogP contribution in [-0.2, 0) is 11.2 Å². The van der Waals surface area contributed by atoms with Crippen molar-refractivity contribution in [2.45, 2.75) is 6.42 Å². The van der Waals surface area contributed by atoms with Gasteiger partial charge >= 0.3 is 0 Å². The third kappa shape index (κ3) is 3.06. The number of H-pyrrole nitrogens is 1. The molecular weight excluding hydrogens is 324 g/mol. The van der Waals surface area contributed by atoms with Crippen LogP contribution in [0.5, 0.6) is 11.5 Å². The van der Waals surface area contributed by atoms with Crippen molar-refractivity contribution in [3.63, 3.8) is 0 Å². The number of hydrogen-bond donors (Lipinski definition) is 2. The summed E-state index contributed by atoms with van der Waals surface area (Å²) in [5.41, 5.74) is 0.942. The van der Waals surface area contributed by atoms with Gasteiger partial charge in [-0.1, -0.05) is 0 Å². The summed E-state index contributed by atoms with van der Waals surface area (Å²) in [7, 11) is 1.61. The average molecular weight is 340 g/mol. The second-order valence-corrected chi connectivity index (χ2v) is 5.66. The summed E-state index contributed by atoms with van der Waals surface area (Å²) in [4.78, 5) is 16.7. The Morgan fingerprint density at radius 1 is 1.40 bits per heavy atom. The highest BCUT2D eigenvalue weighted by Crippen LogP contribution is 2.31. The van der Waals surface area contributed by atoms with Crippen molar-refractivity contribution in [2.75, 3.05) is 19.0 Å². The molecule has 8 nitrogen and oxygen atoms in total. The molecular formula is C17H16N4O4. The number of carbonyl (C=O) groups excluding carboxylic acids is 1. The maximum atomic E-state index is 12.5. The van der Waals surface area contributed by atoms with Gasteiger partial charge in [0.25, 0.3) is 0 Å². The Morgan fingerprint density at radius 2 is 2.32 bits per heavy atom. The zero-order valence-corrected chi connectivity index (χ0v) is 13.5. The summed E-state index contributed by atoms with van der Waals surface area (Å²) >= 11 is 0. The third-order valence-electron chi connectivity index (χ3n) is 4.02. The van der Waals surface area contributed by atoms with E-state index < -0.39 is 0 Å². The third-order valence-corrected chi connectivity index (χ3v) is 4.02. The minimum atomic E-state index is -0.329. The number of rotatable bonds is 4. The molecule has 1 atom stereocenters. The van der Waals surface area contributed by atoms with Crippen LogP contribution in [0.25, 0.3) is 11.6 Å². The van der Waals surface area contributed by atoms with Crippen molar-refractivity contribution in [3.8, 4) is 23.1 Å². The molecule has 0 fully saturated rings. The van der Waals surface area contributed by atoms with E-state index in [-0.39, 0.29) is 17.8 Å². The van der Waals surface area contributed by atoms with Gasteiger partial charge in [-0.25, -0.2) is 0 Å². The van der Waals surface area contributed by atoms with E-state index >= 15 is 0 Å². The molecule has 0 unspecified atom stereocenters. The van der Waals surface area contributed by atoms with E-state index in [0.29, 0.717) is 24.6 Å². The van der Waals surface area contributed by atoms with Crippen LogP contribution < -0.4 is 14.8 Å². The largest absolute Gasteiger partial charge is 0.497 e. The van der Waals surface area contributed by atoms with Crippen LogP contribution in [0, 0.1) is 5.92 Å². The number of fused-ring (bicyclic) bond motifs is 1. The fraction of sp³-hybridized carbons (Fsp3) is 0.235. The first-order valence-corrected chi connectivity index (χ1v) is 7.80. The number of anilines is 1. The number of aromatic nitrogens is 3. The molecule has 4 rings (SSSR count). The summed E-state index contributed by atoms with van der Waals surface area (Å²) in [5, 5.41) is 9.43. The number of nitrogens with one attached hydrogen (secondary N) is 2. The second-order valence-electron chi connectivity index (χ2n) is 5.66. The van der Waals surface area contributed by atoms with Gasteiger partial charge in [0.05, 0.1) is 19.3 Å². The summed E-state index contributed by atoms with van der Waals surface area (Å²) in [6.45, 7) is 0.306. The Bertz CT molecular complexity index is 888. The van der Waals surface area contributed by atoms with Crippen LogP contribution in [0.15, 0.2) is 41.0 Å². The van der Waals surface area contributed by atoms with Crippen LogP contribution in [0.4, 0.5) is 5.95 Å². The summed E-state index contributed by atoms with van der Waals surface area (Å²) in [5.74, 6) is 2.20. The normalized spacial score (nSPS) is 16.0. The highest BCUT2D eigenvalue weighted by atomic mass is 16.5. The number of amides is 1. The molecule has 2 N–H and O–H groups in total. The lowest BCUT2D eigenvalue weighted by atomic mass is 9.96. The quantitative estimate of drug-likeness (QED) is 0.755. The van der Waals surface area contributed by atoms with E-state index in [0.717, 1.165) is 17.1 Å². The highest BCUT2D eigenvalue weighted by Gasteiger charge is 2.27. The van der Waals surface area contributed by atoms with Gasteiger partial charge in [-0.3, -0.25) is 15.2 Å². The molecule has 1 aliphatic rings. The molecule has 2 aromatic heterocycles. The fourth-order valence-corrected chi connectivity index (χ4v) is 2.72. The van der Waals surface area contributed by atoms with Crippen LogP contribution in [-0.4, -0.2) is 34.8 Å². The predicted molar refractivity (Wildman–Crippen MR) is 88.4 cm³/mol. The van der Waals surface area contributed by atoms with Gasteiger partial charge < -0.3 is 13.9 Å². The zero-order valence-electron chi connectivity index (χ0n) is 13.5. The van der Waals surface area contributed by atoms with E-state index in [1.807, 2.05) is 18.2 Å². The molecule has 25 heavy (non-hydrogen) atoms. The first-order valence-electron chi connectivity index (χ1n) is 7.80. The summed E-state index contributed by atoms with van der Waals surface area (Å²) in [6, 6.07) is 9.08. The molecule has 1 aliphatic heterocycles. The predicted octanol–water partition coefficient (Wildman–Crippen LogP) is 2.26. The van der Waals surface area contributed by atoms with E-state index in [1.165, 1.54) is 0 Å². The molecule has 3 heterocycles. The van der Waals surface area contributed by atoms with E-state index in [1.54, 1.807) is 25.5 Å². The molecule has 3 aromatic rings. The molecule has 0 radical (unpaired) electrons. The molecule has 0 saturated carbocycles. The number of methoxy groups -OCH3 is 1. The van der Waals surface area contributed by atoms with Gasteiger partial charge in [-0.15, -0.1) is 5.10 Å². The Labute approximate surface area is 143 Å². The minimum Gasteiger partial charge on any atom is -0.497 e. The van der Waals surface area contributed by atoms with Crippen LogP contribution in [0.1, 0.15) is 5.56 Å². The molecule has 0 aliphatic carbocycles. The van der Waals surface area contributed by atoms with Crippen molar-refractivity contribution in [1.82, 2.24) is 15.2 Å². The van der Waals surface area contributed by atoms with Gasteiger partial charge in [0.15, 0.2) is 11.6 Å². The molecule has 128 valence electrons. The molecule has 1 aromatic carbocycles. The van der Waals surface area contributed by atoms with Crippen LogP contribution in [0.2, 0.25) is 0 Å². The van der Waals surface area contributed by atoms with Gasteiger partial charge in [0.1, 0.15) is 18.1 Å². The number of nitrogens with zero attached hydrogens (tertiary/aromatic N) is 2. The van der Waals surface area contributed by atoms with Gasteiger partial charge in [0, 0.05) is 0 Å². The topological polar surface area (TPSA) is 102 Å². The van der Waals surface area contributed by atoms with Crippen molar-refractivity contribution in [1.29, 1.82) is 0 Å². The van der Waals surface area contributed by atoms with Crippen molar-refractivity contribution < 1.29 is 18.7 Å². The molecule has 0 saturated heterocycles. The molecule has 0 spiro atoms. The first-order chi connectivity index (χ1) is 12.2. The van der Waals surface area contributed by atoms with Crippen molar-refractivity contribution >= 4 is 11.9 Å². The number of hydrogen-bond acceptors (Lipinski definition) is 6. The number of carbonyl (C=O) groups is 1. The second kappa shape index (κ2) is 6.31. The highest BCUT2D eigenvalue weighted by molar-refractivity contribution is 5.91. The van der Waals surface area contributed by atoms with Crippen molar-refractivity contribution in [2.24, 2.45) is 5.92 Å². The Kier molecular flexibility index (Phi) is 3.85. The van der Waals surface area contributed by atoms with Crippen LogP contribution in [0.3, 0.4) is 0 Å². The lowest BCUT2D eigenvalue weighted by Crippen LogP contribution is -2.32. The summed E-state index contributed by atoms with van der Waals surface area (Å²) in [6.07, 6.45) is 2.11. The Morgan fingerprint density at radius 3 is 3.12 bits per heavy atom. The van der Waals surface area contributed by atoms with Crippen molar-refractivity contribution in [3.05, 3.63) is 42.2 Å². The maximum absolute atomic E-state index is 12.5. The minimum absolute atomic E-state index is 0.196. The van der Waals surface area contributed by atoms with Gasteiger partial charge in [0.2, 0.25) is 11.9 Å². The maximum Gasteiger partial charge on any atom is 0.249 e. The Hall–Kier alpha value is -3.29. The zero-order chi connectivity index (χ0) is 17.2. The first kappa shape index (κ1) is 15.3. The lowest BCUT2D eigenvalue weighted by Gasteiger charge is -2.24. The number of benzene rings is 1. The molecule has 8 heteroatoms. The number of aromatic amines is 1. The van der Waals surface area contributed by atoms with E-state index in [9.17, 15) is 4.79 Å². The SMILES string of the molecule is COc1ccc2c(c1)C[C@@H](C(=O)Nc1n[nH]c(-c3ccco3)n1)CO2. The van der Waals surface area contributed by atoms with Gasteiger partial charge in [-0.2, -0.15) is 4.98 Å². The lowest BCUT2D eigenvalue weighted by molar-refractivity contribution is -0.121. The molecule has 1 amide bonds. The van der Waals surface area contributed by atoms with E-state index in [4.69, 9.17) is 13.9 Å². The smallest absolute Gasteiger partial charge is 0.249 e. The summed E-state index contributed by atoms with van der Waals surface area (Å²) < 4.78 is 16.1. The fourth-order valence-electron chi connectivity index (χ4n) is 2.72. The average Bonchev–Trinajstić information content (AvgIpc) is 3.32.